The smallest absolute Gasteiger partial charge is 0.417 e. The molecule has 0 aliphatic carbocycles. The van der Waals surface area contributed by atoms with Crippen LogP contribution in [0.3, 0.4) is 0 Å². The third-order valence-electron chi connectivity index (χ3n) is 7.26. The van der Waals surface area contributed by atoms with E-state index in [2.05, 4.69) is 26.6 Å². The van der Waals surface area contributed by atoms with E-state index in [4.69, 9.17) is 4.74 Å². The predicted octanol–water partition coefficient (Wildman–Crippen LogP) is 5.30. The van der Waals surface area contributed by atoms with Crippen LogP contribution in [0.2, 0.25) is 0 Å². The number of halogens is 3. The third kappa shape index (κ3) is 6.24. The Morgan fingerprint density at radius 2 is 2.00 bits per heavy atom. The molecule has 0 fully saturated rings. The highest BCUT2D eigenvalue weighted by Crippen LogP contribution is 2.38. The first-order chi connectivity index (χ1) is 19.4. The number of carbonyl (C=O) groups is 2. The molecule has 0 saturated carbocycles. The molecule has 0 spiro atoms. The normalized spacial score (nSPS) is 15.6. The Hall–Kier alpha value is -4.26. The fraction of sp³-hybridized carbons (Fsp3) is 0.393. The number of aliphatic hydroxyl groups is 1. The van der Waals surface area contributed by atoms with Crippen molar-refractivity contribution in [1.29, 1.82) is 0 Å². The minimum Gasteiger partial charge on any atom is -0.491 e. The lowest BCUT2D eigenvalue weighted by Gasteiger charge is -2.37. The van der Waals surface area contributed by atoms with Gasteiger partial charge in [-0.3, -0.25) is 5.32 Å². The lowest BCUT2D eigenvalue weighted by molar-refractivity contribution is -0.265. The summed E-state index contributed by atoms with van der Waals surface area (Å²) in [6.07, 6.45) is -5.54. The molecule has 220 valence electrons. The van der Waals surface area contributed by atoms with Gasteiger partial charge in [0.1, 0.15) is 12.4 Å². The van der Waals surface area contributed by atoms with Crippen LogP contribution < -0.4 is 10.1 Å². The number of aromatic amines is 1. The molecule has 0 saturated heterocycles. The summed E-state index contributed by atoms with van der Waals surface area (Å²) in [4.78, 5) is 34.9. The van der Waals surface area contributed by atoms with Gasteiger partial charge in [0.15, 0.2) is 5.60 Å². The fourth-order valence-corrected chi connectivity index (χ4v) is 4.68. The van der Waals surface area contributed by atoms with Gasteiger partial charge in [-0.25, -0.2) is 14.6 Å². The number of hydrogen-bond acceptors (Lipinski definition) is 6. The monoisotopic (exact) mass is 575 g/mol. The van der Waals surface area contributed by atoms with Crippen molar-refractivity contribution in [3.05, 3.63) is 54.6 Å². The molecule has 2 unspecified atom stereocenters. The molecule has 1 aromatic heterocycles. The lowest BCUT2D eigenvalue weighted by Crippen LogP contribution is -2.52. The maximum atomic E-state index is 13.5. The molecule has 3 N–H and O–H groups in total. The number of H-pyrrole nitrogens is 1. The Bertz CT molecular complexity index is 1440. The number of fused-ring (bicyclic) bond motifs is 2. The lowest BCUT2D eigenvalue weighted by atomic mass is 9.90. The van der Waals surface area contributed by atoms with Crippen molar-refractivity contribution in [1.82, 2.24) is 19.8 Å². The highest BCUT2D eigenvalue weighted by atomic mass is 19.4. The number of benzene rings is 2. The molecular formula is C28H32F3N5O5. The van der Waals surface area contributed by atoms with Crippen LogP contribution in [-0.4, -0.2) is 82.1 Å². The number of anilines is 1. The second kappa shape index (κ2) is 11.7. The average molecular weight is 576 g/mol. The molecule has 2 heterocycles. The molecule has 4 rings (SSSR count). The number of likely N-dealkylation sites (N-methyl/N-ethyl adjacent to an activating group) is 1. The van der Waals surface area contributed by atoms with Crippen LogP contribution in [0.25, 0.3) is 22.2 Å². The Balaban J connectivity index is 1.55. The molecule has 3 aromatic rings. The Morgan fingerprint density at radius 1 is 1.29 bits per heavy atom. The van der Waals surface area contributed by atoms with Gasteiger partial charge in [0.25, 0.3) is 0 Å². The summed E-state index contributed by atoms with van der Waals surface area (Å²) in [6, 6.07) is 9.54. The average Bonchev–Trinajstić information content (AvgIpc) is 3.22. The summed E-state index contributed by atoms with van der Waals surface area (Å²) in [6.45, 7) is 5.42. The fourth-order valence-electron chi connectivity index (χ4n) is 4.68. The molecule has 1 aliphatic heterocycles. The zero-order chi connectivity index (χ0) is 29.9. The first-order valence-corrected chi connectivity index (χ1v) is 12.9. The molecule has 0 bridgehead atoms. The van der Waals surface area contributed by atoms with Gasteiger partial charge in [-0.05, 0) is 41.8 Å². The first-order valence-electron chi connectivity index (χ1n) is 12.9. The minimum atomic E-state index is -4.85. The Kier molecular flexibility index (Phi) is 8.47. The van der Waals surface area contributed by atoms with Crippen molar-refractivity contribution >= 4 is 29.1 Å². The zero-order valence-electron chi connectivity index (χ0n) is 22.9. The van der Waals surface area contributed by atoms with Crippen molar-refractivity contribution < 1.29 is 37.3 Å². The number of imidazole rings is 1. The third-order valence-corrected chi connectivity index (χ3v) is 7.26. The zero-order valence-corrected chi connectivity index (χ0v) is 22.9. The predicted molar refractivity (Wildman–Crippen MR) is 147 cm³/mol. The highest BCUT2D eigenvalue weighted by Gasteiger charge is 2.53. The summed E-state index contributed by atoms with van der Waals surface area (Å²) < 4.78 is 51.0. The van der Waals surface area contributed by atoms with Crippen LogP contribution in [-0.2, 0) is 11.3 Å². The van der Waals surface area contributed by atoms with Crippen molar-refractivity contribution in [2.24, 2.45) is 0 Å². The van der Waals surface area contributed by atoms with Gasteiger partial charge >= 0.3 is 18.3 Å². The number of methoxy groups -OCH3 is 1. The summed E-state index contributed by atoms with van der Waals surface area (Å²) in [7, 11) is 2.65. The standard InChI is InChI=1S/C28H32F3N5O5/c1-5-20(15-27(39,6-2)28(29,30)31)35(3)26(38)36-11-12-41-23-10-8-17(13-19(23)16-36)18-7-9-21-22(14-18)33-24(32-21)34-25(37)40-4/h5,7-10,13-14,20,39H,1,6,11-12,15-16H2,2-4H3,(H2,32,33,34,37). The SMILES string of the molecule is C=CC(CC(O)(CC)C(F)(F)F)N(C)C(=O)N1CCOc2ccc(-c3ccc4nc(NC(=O)OC)[nH]c4c3)cc2C1. The number of amides is 3. The van der Waals surface area contributed by atoms with E-state index in [0.717, 1.165) is 16.7 Å². The molecule has 10 nitrogen and oxygen atoms in total. The van der Waals surface area contributed by atoms with Crippen LogP contribution in [0, 0.1) is 0 Å². The summed E-state index contributed by atoms with van der Waals surface area (Å²) >= 11 is 0. The number of carbonyl (C=O) groups excluding carboxylic acids is 2. The number of ether oxygens (including phenoxy) is 2. The van der Waals surface area contributed by atoms with Crippen molar-refractivity contribution in [2.75, 3.05) is 32.6 Å². The number of nitrogens with one attached hydrogen (secondary N) is 2. The van der Waals surface area contributed by atoms with Crippen LogP contribution >= 0.6 is 0 Å². The van der Waals surface area contributed by atoms with Crippen LogP contribution in [0.1, 0.15) is 25.3 Å². The second-order valence-electron chi connectivity index (χ2n) is 9.81. The molecule has 3 amide bonds. The number of alkyl halides is 3. The molecule has 41 heavy (non-hydrogen) atoms. The van der Waals surface area contributed by atoms with E-state index in [1.54, 1.807) is 12.1 Å². The first kappa shape index (κ1) is 29.7. The van der Waals surface area contributed by atoms with Crippen molar-refractivity contribution in [2.45, 2.75) is 44.1 Å². The summed E-state index contributed by atoms with van der Waals surface area (Å²) in [5, 5.41) is 12.7. The Morgan fingerprint density at radius 3 is 2.66 bits per heavy atom. The number of aromatic nitrogens is 2. The van der Waals surface area contributed by atoms with E-state index in [0.29, 0.717) is 16.8 Å². The molecule has 0 radical (unpaired) electrons. The summed E-state index contributed by atoms with van der Waals surface area (Å²) in [5.74, 6) is 0.833. The van der Waals surface area contributed by atoms with Gasteiger partial charge in [0.2, 0.25) is 5.95 Å². The van der Waals surface area contributed by atoms with Gasteiger partial charge in [0, 0.05) is 19.0 Å². The topological polar surface area (TPSA) is 120 Å². The number of rotatable bonds is 7. The van der Waals surface area contributed by atoms with Gasteiger partial charge in [-0.15, -0.1) is 6.58 Å². The largest absolute Gasteiger partial charge is 0.491 e. The van der Waals surface area contributed by atoms with Crippen molar-refractivity contribution in [3.63, 3.8) is 0 Å². The minimum absolute atomic E-state index is 0.160. The van der Waals surface area contributed by atoms with Crippen LogP contribution in [0.4, 0.5) is 28.7 Å². The summed E-state index contributed by atoms with van der Waals surface area (Å²) in [5.41, 5.74) is 0.752. The molecule has 1 aliphatic rings. The second-order valence-corrected chi connectivity index (χ2v) is 9.81. The van der Waals surface area contributed by atoms with Crippen molar-refractivity contribution in [3.8, 4) is 16.9 Å². The number of urea groups is 1. The highest BCUT2D eigenvalue weighted by molar-refractivity contribution is 5.88. The van der Waals surface area contributed by atoms with Crippen LogP contribution in [0.15, 0.2) is 49.1 Å². The molecule has 13 heteroatoms. The molecule has 2 atom stereocenters. The van der Waals surface area contributed by atoms with E-state index in [1.807, 2.05) is 24.3 Å². The van der Waals surface area contributed by atoms with E-state index >= 15 is 0 Å². The van der Waals surface area contributed by atoms with Crippen LogP contribution in [0.5, 0.6) is 5.75 Å². The quantitative estimate of drug-likeness (QED) is 0.329. The maximum Gasteiger partial charge on any atom is 0.417 e. The Labute approximate surface area is 234 Å². The molecule has 2 aromatic carbocycles. The van der Waals surface area contributed by atoms with Gasteiger partial charge in [-0.1, -0.05) is 25.1 Å². The van der Waals surface area contributed by atoms with Gasteiger partial charge in [-0.2, -0.15) is 13.2 Å². The van der Waals surface area contributed by atoms with E-state index in [9.17, 15) is 27.9 Å². The van der Waals surface area contributed by atoms with E-state index in [1.165, 1.54) is 37.0 Å². The van der Waals surface area contributed by atoms with E-state index in [-0.39, 0.29) is 25.6 Å². The number of nitrogens with zero attached hydrogens (tertiary/aromatic N) is 3. The van der Waals surface area contributed by atoms with Gasteiger partial charge < -0.3 is 29.4 Å². The van der Waals surface area contributed by atoms with E-state index < -0.39 is 42.8 Å². The van der Waals surface area contributed by atoms with Gasteiger partial charge in [0.05, 0.1) is 37.3 Å². The maximum absolute atomic E-state index is 13.5. The molecular weight excluding hydrogens is 543 g/mol. The number of hydrogen-bond donors (Lipinski definition) is 3.